The van der Waals surface area contributed by atoms with Gasteiger partial charge in [-0.1, -0.05) is 37.3 Å². The van der Waals surface area contributed by atoms with Gasteiger partial charge in [0.25, 0.3) is 0 Å². The van der Waals surface area contributed by atoms with Gasteiger partial charge < -0.3 is 5.11 Å². The molecular formula is C14H16ClN3O2. The standard InChI is InChI=1S/C14H16ClN3O2/c15-11-7-10(14(19)20)8-18-12(16-17-13(11)18)6-5-9-3-1-2-4-9/h7-9H,1-6H2,(H,19,20). The molecule has 0 saturated heterocycles. The molecule has 2 heterocycles. The van der Waals surface area contributed by atoms with E-state index >= 15 is 0 Å². The van der Waals surface area contributed by atoms with Crippen molar-refractivity contribution in [3.8, 4) is 0 Å². The van der Waals surface area contributed by atoms with Crippen LogP contribution in [0.5, 0.6) is 0 Å². The third-order valence-electron chi connectivity index (χ3n) is 4.03. The molecule has 1 aliphatic carbocycles. The van der Waals surface area contributed by atoms with Gasteiger partial charge in [0.05, 0.1) is 10.6 Å². The van der Waals surface area contributed by atoms with Crippen LogP contribution in [0.3, 0.4) is 0 Å². The molecule has 2 aromatic heterocycles. The van der Waals surface area contributed by atoms with E-state index in [2.05, 4.69) is 10.2 Å². The van der Waals surface area contributed by atoms with E-state index in [9.17, 15) is 4.79 Å². The van der Waals surface area contributed by atoms with Crippen molar-refractivity contribution in [2.75, 3.05) is 0 Å². The molecule has 0 aromatic carbocycles. The number of pyridine rings is 1. The SMILES string of the molecule is O=C(O)c1cc(Cl)c2nnc(CCC3CCCC3)n2c1. The Kier molecular flexibility index (Phi) is 3.61. The van der Waals surface area contributed by atoms with Crippen molar-refractivity contribution < 1.29 is 9.90 Å². The minimum Gasteiger partial charge on any atom is -0.478 e. The summed E-state index contributed by atoms with van der Waals surface area (Å²) in [6, 6.07) is 1.41. The Morgan fingerprint density at radius 2 is 2.15 bits per heavy atom. The molecule has 0 unspecified atom stereocenters. The molecule has 0 atom stereocenters. The second-order valence-corrected chi connectivity index (χ2v) is 5.79. The predicted molar refractivity (Wildman–Crippen MR) is 75.2 cm³/mol. The monoisotopic (exact) mass is 293 g/mol. The third-order valence-corrected chi connectivity index (χ3v) is 4.31. The minimum absolute atomic E-state index is 0.157. The molecule has 1 saturated carbocycles. The molecule has 0 aliphatic heterocycles. The van der Waals surface area contributed by atoms with E-state index in [0.29, 0.717) is 10.7 Å². The Bertz CT molecular complexity index is 647. The number of carboxylic acids is 1. The zero-order chi connectivity index (χ0) is 14.1. The van der Waals surface area contributed by atoms with Crippen LogP contribution in [-0.4, -0.2) is 25.7 Å². The van der Waals surface area contributed by atoms with Gasteiger partial charge in [0.1, 0.15) is 5.82 Å². The molecule has 1 aliphatic rings. The Morgan fingerprint density at radius 3 is 2.85 bits per heavy atom. The normalized spacial score (nSPS) is 16.1. The Morgan fingerprint density at radius 1 is 1.40 bits per heavy atom. The summed E-state index contributed by atoms with van der Waals surface area (Å²) >= 11 is 6.06. The Balaban J connectivity index is 1.88. The van der Waals surface area contributed by atoms with Crippen molar-refractivity contribution in [3.05, 3.63) is 28.7 Å². The maximum Gasteiger partial charge on any atom is 0.337 e. The summed E-state index contributed by atoms with van der Waals surface area (Å²) in [4.78, 5) is 11.1. The van der Waals surface area contributed by atoms with Crippen molar-refractivity contribution in [1.82, 2.24) is 14.6 Å². The van der Waals surface area contributed by atoms with Crippen molar-refractivity contribution in [2.24, 2.45) is 5.92 Å². The lowest BCUT2D eigenvalue weighted by molar-refractivity contribution is 0.0696. The first-order valence-corrected chi connectivity index (χ1v) is 7.29. The highest BCUT2D eigenvalue weighted by molar-refractivity contribution is 6.33. The largest absolute Gasteiger partial charge is 0.478 e. The topological polar surface area (TPSA) is 67.5 Å². The van der Waals surface area contributed by atoms with E-state index in [-0.39, 0.29) is 5.56 Å². The lowest BCUT2D eigenvalue weighted by Crippen LogP contribution is -2.04. The fourth-order valence-corrected chi connectivity index (χ4v) is 3.17. The molecule has 106 valence electrons. The molecule has 20 heavy (non-hydrogen) atoms. The fraction of sp³-hybridized carbons (Fsp3) is 0.500. The van der Waals surface area contributed by atoms with Crippen LogP contribution in [0.2, 0.25) is 5.02 Å². The van der Waals surface area contributed by atoms with Gasteiger partial charge in [0.15, 0.2) is 5.65 Å². The number of aromatic carboxylic acids is 1. The van der Waals surface area contributed by atoms with Crippen molar-refractivity contribution >= 4 is 23.2 Å². The van der Waals surface area contributed by atoms with Crippen molar-refractivity contribution in [1.29, 1.82) is 0 Å². The number of nitrogens with zero attached hydrogens (tertiary/aromatic N) is 3. The van der Waals surface area contributed by atoms with Crippen LogP contribution < -0.4 is 0 Å². The van der Waals surface area contributed by atoms with E-state index in [0.717, 1.165) is 24.6 Å². The summed E-state index contributed by atoms with van der Waals surface area (Å²) in [5.74, 6) is 0.557. The van der Waals surface area contributed by atoms with E-state index in [1.807, 2.05) is 0 Å². The second-order valence-electron chi connectivity index (χ2n) is 5.38. The molecule has 3 rings (SSSR count). The number of halogens is 1. The Hall–Kier alpha value is -1.62. The van der Waals surface area contributed by atoms with Crippen LogP contribution in [0.15, 0.2) is 12.3 Å². The second kappa shape index (κ2) is 5.40. The van der Waals surface area contributed by atoms with E-state index in [1.165, 1.54) is 31.7 Å². The predicted octanol–water partition coefficient (Wildman–Crippen LogP) is 3.20. The van der Waals surface area contributed by atoms with Crippen LogP contribution >= 0.6 is 11.6 Å². The van der Waals surface area contributed by atoms with Crippen molar-refractivity contribution in [2.45, 2.75) is 38.5 Å². The van der Waals surface area contributed by atoms with Gasteiger partial charge in [0.2, 0.25) is 0 Å². The highest BCUT2D eigenvalue weighted by Gasteiger charge is 2.17. The molecular weight excluding hydrogens is 278 g/mol. The molecule has 0 radical (unpaired) electrons. The molecule has 1 fully saturated rings. The summed E-state index contributed by atoms with van der Waals surface area (Å²) in [6.07, 6.45) is 8.66. The molecule has 2 aromatic rings. The van der Waals surface area contributed by atoms with E-state index in [1.54, 1.807) is 10.6 Å². The number of carbonyl (C=O) groups is 1. The number of aromatic nitrogens is 3. The average molecular weight is 294 g/mol. The number of carboxylic acid groups (broad SMARTS) is 1. The van der Waals surface area contributed by atoms with E-state index < -0.39 is 5.97 Å². The van der Waals surface area contributed by atoms with Crippen LogP contribution in [0, 0.1) is 5.92 Å². The van der Waals surface area contributed by atoms with Gasteiger partial charge in [-0.25, -0.2) is 4.79 Å². The molecule has 6 heteroatoms. The Labute approximate surface area is 121 Å². The molecule has 0 bridgehead atoms. The van der Waals surface area contributed by atoms with Gasteiger partial charge in [-0.15, -0.1) is 10.2 Å². The summed E-state index contributed by atoms with van der Waals surface area (Å²) in [5, 5.41) is 17.6. The smallest absolute Gasteiger partial charge is 0.337 e. The first kappa shape index (κ1) is 13.4. The van der Waals surface area contributed by atoms with Crippen LogP contribution in [0.25, 0.3) is 5.65 Å². The van der Waals surface area contributed by atoms with Gasteiger partial charge in [0, 0.05) is 12.6 Å². The van der Waals surface area contributed by atoms with Crippen LogP contribution in [0.1, 0.15) is 48.3 Å². The third kappa shape index (κ3) is 2.50. The average Bonchev–Trinajstić information content (AvgIpc) is 3.05. The summed E-state index contributed by atoms with van der Waals surface area (Å²) in [6.45, 7) is 0. The number of hydrogen-bond donors (Lipinski definition) is 1. The first-order chi connectivity index (χ1) is 9.65. The van der Waals surface area contributed by atoms with Crippen LogP contribution in [0.4, 0.5) is 0 Å². The van der Waals surface area contributed by atoms with Gasteiger partial charge >= 0.3 is 5.97 Å². The number of hydrogen-bond acceptors (Lipinski definition) is 3. The van der Waals surface area contributed by atoms with Gasteiger partial charge in [-0.3, -0.25) is 4.40 Å². The van der Waals surface area contributed by atoms with Gasteiger partial charge in [-0.05, 0) is 18.4 Å². The molecule has 1 N–H and O–H groups in total. The molecule has 0 amide bonds. The summed E-state index contributed by atoms with van der Waals surface area (Å²) in [7, 11) is 0. The maximum absolute atomic E-state index is 11.1. The molecule has 5 nitrogen and oxygen atoms in total. The number of fused-ring (bicyclic) bond motifs is 1. The lowest BCUT2D eigenvalue weighted by Gasteiger charge is -2.07. The zero-order valence-electron chi connectivity index (χ0n) is 11.0. The van der Waals surface area contributed by atoms with Crippen molar-refractivity contribution in [3.63, 3.8) is 0 Å². The number of aryl methyl sites for hydroxylation is 1. The summed E-state index contributed by atoms with van der Waals surface area (Å²) in [5.41, 5.74) is 0.683. The number of rotatable bonds is 4. The zero-order valence-corrected chi connectivity index (χ0v) is 11.8. The highest BCUT2D eigenvalue weighted by atomic mass is 35.5. The summed E-state index contributed by atoms with van der Waals surface area (Å²) < 4.78 is 1.71. The minimum atomic E-state index is -0.996. The van der Waals surface area contributed by atoms with Crippen LogP contribution in [-0.2, 0) is 6.42 Å². The van der Waals surface area contributed by atoms with Gasteiger partial charge in [-0.2, -0.15) is 0 Å². The lowest BCUT2D eigenvalue weighted by atomic mass is 10.0. The first-order valence-electron chi connectivity index (χ1n) is 6.91. The molecule has 0 spiro atoms. The highest BCUT2D eigenvalue weighted by Crippen LogP contribution is 2.29. The quantitative estimate of drug-likeness (QED) is 0.940. The fourth-order valence-electron chi connectivity index (χ4n) is 2.92. The van der Waals surface area contributed by atoms with E-state index in [4.69, 9.17) is 16.7 Å². The maximum atomic E-state index is 11.1.